The second kappa shape index (κ2) is 3.90. The minimum atomic E-state index is 0.0851. The summed E-state index contributed by atoms with van der Waals surface area (Å²) in [5, 5.41) is 13.5. The molecule has 0 radical (unpaired) electrons. The first-order valence-electron chi connectivity index (χ1n) is 4.87. The predicted molar refractivity (Wildman–Crippen MR) is 58.5 cm³/mol. The molecule has 2 aromatic heterocycles. The molecule has 6 heteroatoms. The molecule has 0 amide bonds. The monoisotopic (exact) mass is 219 g/mol. The van der Waals surface area contributed by atoms with Gasteiger partial charge in [-0.1, -0.05) is 0 Å². The molecule has 0 spiro atoms. The van der Waals surface area contributed by atoms with E-state index in [2.05, 4.69) is 15.1 Å². The summed E-state index contributed by atoms with van der Waals surface area (Å²) < 4.78 is 1.70. The van der Waals surface area contributed by atoms with Gasteiger partial charge in [0.2, 0.25) is 0 Å². The van der Waals surface area contributed by atoms with Gasteiger partial charge in [-0.05, 0) is 6.92 Å². The number of nitrogens with two attached hydrogens (primary N) is 1. The van der Waals surface area contributed by atoms with Gasteiger partial charge in [-0.25, -0.2) is 9.97 Å². The van der Waals surface area contributed by atoms with Crippen molar-refractivity contribution in [2.45, 2.75) is 13.5 Å². The van der Waals surface area contributed by atoms with Gasteiger partial charge in [0, 0.05) is 13.6 Å². The first-order chi connectivity index (χ1) is 7.63. The van der Waals surface area contributed by atoms with E-state index in [9.17, 15) is 5.11 Å². The fraction of sp³-hybridized carbons (Fsp3) is 0.300. The molecule has 2 heterocycles. The predicted octanol–water partition coefficient (Wildman–Crippen LogP) is 0.350. The number of hydrogen-bond acceptors (Lipinski definition) is 5. The zero-order valence-corrected chi connectivity index (χ0v) is 9.18. The summed E-state index contributed by atoms with van der Waals surface area (Å²) in [5.41, 5.74) is 7.84. The van der Waals surface area contributed by atoms with Crippen LogP contribution in [0.4, 0.5) is 0 Å². The van der Waals surface area contributed by atoms with E-state index in [1.165, 1.54) is 6.20 Å². The molecule has 0 aliphatic rings. The van der Waals surface area contributed by atoms with Crippen LogP contribution in [0.3, 0.4) is 0 Å². The van der Waals surface area contributed by atoms with Crippen molar-refractivity contribution in [3.8, 4) is 17.1 Å². The molecular formula is C10H13N5O. The average molecular weight is 219 g/mol. The lowest BCUT2D eigenvalue weighted by Crippen LogP contribution is -2.06. The molecule has 0 aromatic carbocycles. The summed E-state index contributed by atoms with van der Waals surface area (Å²) >= 11 is 0. The number of aromatic hydroxyl groups is 1. The van der Waals surface area contributed by atoms with E-state index < -0.39 is 0 Å². The van der Waals surface area contributed by atoms with Gasteiger partial charge in [0.05, 0.1) is 29.3 Å². The van der Waals surface area contributed by atoms with E-state index >= 15 is 0 Å². The van der Waals surface area contributed by atoms with Crippen LogP contribution in [0, 0.1) is 6.92 Å². The van der Waals surface area contributed by atoms with Gasteiger partial charge < -0.3 is 10.8 Å². The first-order valence-corrected chi connectivity index (χ1v) is 4.87. The first kappa shape index (κ1) is 10.6. The Morgan fingerprint density at radius 3 is 2.81 bits per heavy atom. The molecule has 0 saturated carbocycles. The van der Waals surface area contributed by atoms with E-state index in [0.29, 0.717) is 18.1 Å². The second-order valence-electron chi connectivity index (χ2n) is 3.50. The van der Waals surface area contributed by atoms with E-state index in [0.717, 1.165) is 11.3 Å². The lowest BCUT2D eigenvalue weighted by molar-refractivity contribution is 0.464. The number of rotatable bonds is 2. The maximum atomic E-state index is 9.35. The molecule has 0 bridgehead atoms. The molecule has 84 valence electrons. The molecule has 0 fully saturated rings. The highest BCUT2D eigenvalue weighted by Crippen LogP contribution is 2.21. The number of aromatic nitrogens is 4. The van der Waals surface area contributed by atoms with Gasteiger partial charge >= 0.3 is 0 Å². The Morgan fingerprint density at radius 2 is 2.19 bits per heavy atom. The zero-order valence-electron chi connectivity index (χ0n) is 9.18. The topological polar surface area (TPSA) is 89.9 Å². The largest absolute Gasteiger partial charge is 0.504 e. The standard InChI is InChI=1S/C10H13N5O/c1-6-9(16)5-12-10(14-6)7-4-13-15(2)8(7)3-11/h4-5,16H,3,11H2,1-2H3. The van der Waals surface area contributed by atoms with Crippen LogP contribution in [0.15, 0.2) is 12.4 Å². The van der Waals surface area contributed by atoms with Crippen molar-refractivity contribution in [2.24, 2.45) is 12.8 Å². The van der Waals surface area contributed by atoms with Crippen molar-refractivity contribution < 1.29 is 5.11 Å². The van der Waals surface area contributed by atoms with Crippen molar-refractivity contribution in [3.63, 3.8) is 0 Å². The lowest BCUT2D eigenvalue weighted by atomic mass is 10.2. The Kier molecular flexibility index (Phi) is 2.57. The van der Waals surface area contributed by atoms with E-state index in [1.54, 1.807) is 17.8 Å². The van der Waals surface area contributed by atoms with Crippen LogP contribution in [0.25, 0.3) is 11.4 Å². The molecule has 0 unspecified atom stereocenters. The second-order valence-corrected chi connectivity index (χ2v) is 3.50. The highest BCUT2D eigenvalue weighted by Gasteiger charge is 2.12. The molecule has 0 aliphatic heterocycles. The van der Waals surface area contributed by atoms with Crippen LogP contribution in [0.2, 0.25) is 0 Å². The average Bonchev–Trinajstić information content (AvgIpc) is 2.63. The molecule has 16 heavy (non-hydrogen) atoms. The van der Waals surface area contributed by atoms with Gasteiger partial charge in [-0.3, -0.25) is 4.68 Å². The maximum absolute atomic E-state index is 9.35. The molecule has 6 nitrogen and oxygen atoms in total. The van der Waals surface area contributed by atoms with Gasteiger partial charge in [-0.2, -0.15) is 5.10 Å². The van der Waals surface area contributed by atoms with Gasteiger partial charge in [-0.15, -0.1) is 0 Å². The van der Waals surface area contributed by atoms with Crippen molar-refractivity contribution in [1.82, 2.24) is 19.7 Å². The van der Waals surface area contributed by atoms with Gasteiger partial charge in [0.25, 0.3) is 0 Å². The molecule has 0 aliphatic carbocycles. The van der Waals surface area contributed by atoms with E-state index in [1.807, 2.05) is 7.05 Å². The van der Waals surface area contributed by atoms with Crippen LogP contribution >= 0.6 is 0 Å². The van der Waals surface area contributed by atoms with Gasteiger partial charge in [0.15, 0.2) is 11.6 Å². The number of hydrogen-bond donors (Lipinski definition) is 2. The molecule has 3 N–H and O–H groups in total. The Hall–Kier alpha value is -1.95. The van der Waals surface area contributed by atoms with E-state index in [-0.39, 0.29) is 5.75 Å². The van der Waals surface area contributed by atoms with Crippen LogP contribution < -0.4 is 5.73 Å². The third-order valence-electron chi connectivity index (χ3n) is 2.45. The quantitative estimate of drug-likeness (QED) is 0.760. The van der Waals surface area contributed by atoms with Crippen molar-refractivity contribution in [1.29, 1.82) is 0 Å². The summed E-state index contributed by atoms with van der Waals surface area (Å²) in [7, 11) is 1.82. The molecule has 2 aromatic rings. The maximum Gasteiger partial charge on any atom is 0.163 e. The van der Waals surface area contributed by atoms with Crippen molar-refractivity contribution in [3.05, 3.63) is 23.8 Å². The molecule has 2 rings (SSSR count). The number of aryl methyl sites for hydroxylation is 2. The summed E-state index contributed by atoms with van der Waals surface area (Å²) in [6, 6.07) is 0. The Bertz CT molecular complexity index is 520. The molecule has 0 atom stereocenters. The van der Waals surface area contributed by atoms with E-state index in [4.69, 9.17) is 5.73 Å². The SMILES string of the molecule is Cc1nc(-c2cnn(C)c2CN)ncc1O. The van der Waals surface area contributed by atoms with Crippen LogP contribution in [-0.2, 0) is 13.6 Å². The molecular weight excluding hydrogens is 206 g/mol. The summed E-state index contributed by atoms with van der Waals surface area (Å²) in [4.78, 5) is 8.26. The fourth-order valence-corrected chi connectivity index (χ4v) is 1.48. The highest BCUT2D eigenvalue weighted by molar-refractivity contribution is 5.57. The number of nitrogens with zero attached hydrogens (tertiary/aromatic N) is 4. The smallest absolute Gasteiger partial charge is 0.163 e. The van der Waals surface area contributed by atoms with Gasteiger partial charge in [0.1, 0.15) is 0 Å². The third kappa shape index (κ3) is 1.63. The van der Waals surface area contributed by atoms with Crippen molar-refractivity contribution in [2.75, 3.05) is 0 Å². The normalized spacial score (nSPS) is 10.7. The Balaban J connectivity index is 2.54. The zero-order chi connectivity index (χ0) is 11.7. The minimum absolute atomic E-state index is 0.0851. The van der Waals surface area contributed by atoms with Crippen LogP contribution in [0.5, 0.6) is 5.75 Å². The van der Waals surface area contributed by atoms with Crippen LogP contribution in [0.1, 0.15) is 11.4 Å². The summed E-state index contributed by atoms with van der Waals surface area (Å²) in [6.07, 6.45) is 3.05. The van der Waals surface area contributed by atoms with Crippen molar-refractivity contribution >= 4 is 0 Å². The Morgan fingerprint density at radius 1 is 1.44 bits per heavy atom. The summed E-state index contributed by atoms with van der Waals surface area (Å²) in [6.45, 7) is 2.09. The third-order valence-corrected chi connectivity index (χ3v) is 2.45. The fourth-order valence-electron chi connectivity index (χ4n) is 1.48. The van der Waals surface area contributed by atoms with Crippen LogP contribution in [-0.4, -0.2) is 24.9 Å². The highest BCUT2D eigenvalue weighted by atomic mass is 16.3. The summed E-state index contributed by atoms with van der Waals surface area (Å²) in [5.74, 6) is 0.616. The Labute approximate surface area is 92.8 Å². The molecule has 0 saturated heterocycles. The minimum Gasteiger partial charge on any atom is -0.504 e. The lowest BCUT2D eigenvalue weighted by Gasteiger charge is -2.03.